The second kappa shape index (κ2) is 13.1. The Hall–Kier alpha value is -6.82. The molecule has 0 aliphatic heterocycles. The van der Waals surface area contributed by atoms with Crippen LogP contribution in [-0.2, 0) is 0 Å². The Bertz CT molecular complexity index is 2950. The Morgan fingerprint density at radius 1 is 0.321 bits per heavy atom. The largest absolute Gasteiger partial charge is 0.228 e. The number of rotatable bonds is 6. The summed E-state index contributed by atoms with van der Waals surface area (Å²) in [5.74, 6) is 1.43. The molecule has 10 rings (SSSR count). The molecule has 0 saturated heterocycles. The average Bonchev–Trinajstić information content (AvgIpc) is 3.62. The highest BCUT2D eigenvalue weighted by Gasteiger charge is 2.17. The van der Waals surface area contributed by atoms with Crippen molar-refractivity contribution in [1.82, 2.24) is 19.9 Å². The molecule has 0 N–H and O–H groups in total. The zero-order valence-corrected chi connectivity index (χ0v) is 29.3. The van der Waals surface area contributed by atoms with Gasteiger partial charge in [0.05, 0.1) is 27.1 Å². The molecule has 248 valence electrons. The quantitative estimate of drug-likeness (QED) is 0.174. The summed E-state index contributed by atoms with van der Waals surface area (Å²) in [4.78, 5) is 20.5. The van der Waals surface area contributed by atoms with Gasteiger partial charge in [-0.05, 0) is 52.6 Å². The zero-order valence-electron chi connectivity index (χ0n) is 28.5. The highest BCUT2D eigenvalue weighted by Crippen LogP contribution is 2.40. The fraction of sp³-hybridized carbons (Fsp3) is 0. The second-order valence-corrected chi connectivity index (χ2v) is 14.1. The Balaban J connectivity index is 1.04. The van der Waals surface area contributed by atoms with Gasteiger partial charge in [0.25, 0.3) is 0 Å². The molecule has 0 aliphatic carbocycles. The average molecular weight is 695 g/mol. The van der Waals surface area contributed by atoms with E-state index in [0.29, 0.717) is 5.82 Å². The van der Waals surface area contributed by atoms with Crippen LogP contribution < -0.4 is 0 Å². The van der Waals surface area contributed by atoms with Crippen LogP contribution in [0.5, 0.6) is 0 Å². The van der Waals surface area contributed by atoms with E-state index in [0.717, 1.165) is 88.2 Å². The van der Waals surface area contributed by atoms with Crippen LogP contribution in [0.3, 0.4) is 0 Å². The lowest BCUT2D eigenvalue weighted by Crippen LogP contribution is -1.95. The van der Waals surface area contributed by atoms with Crippen LogP contribution >= 0.6 is 11.3 Å². The summed E-state index contributed by atoms with van der Waals surface area (Å²) >= 11 is 1.75. The van der Waals surface area contributed by atoms with Crippen molar-refractivity contribution >= 4 is 42.5 Å². The molecule has 0 aliphatic rings. The number of nitrogens with zero attached hydrogens (tertiary/aromatic N) is 4. The van der Waals surface area contributed by atoms with Crippen LogP contribution in [0.2, 0.25) is 0 Å². The van der Waals surface area contributed by atoms with Gasteiger partial charge in [0.2, 0.25) is 0 Å². The van der Waals surface area contributed by atoms with Crippen molar-refractivity contribution in [2.24, 2.45) is 0 Å². The number of para-hydroxylation sites is 1. The highest BCUT2D eigenvalue weighted by atomic mass is 32.1. The normalized spacial score (nSPS) is 11.4. The minimum atomic E-state index is 0.707. The van der Waals surface area contributed by atoms with Crippen molar-refractivity contribution in [2.45, 2.75) is 0 Å². The lowest BCUT2D eigenvalue weighted by atomic mass is 9.96. The summed E-state index contributed by atoms with van der Waals surface area (Å²) < 4.78 is 2.32. The smallest absolute Gasteiger partial charge is 0.160 e. The molecule has 53 heavy (non-hydrogen) atoms. The molecule has 0 spiro atoms. The first-order valence-corrected chi connectivity index (χ1v) is 18.5. The first-order valence-electron chi connectivity index (χ1n) is 17.6. The van der Waals surface area contributed by atoms with E-state index in [-0.39, 0.29) is 0 Å². The maximum absolute atomic E-state index is 5.21. The van der Waals surface area contributed by atoms with Gasteiger partial charge in [-0.3, -0.25) is 0 Å². The number of hydrogen-bond acceptors (Lipinski definition) is 5. The summed E-state index contributed by atoms with van der Waals surface area (Å²) in [6.45, 7) is 0. The third kappa shape index (κ3) is 5.74. The van der Waals surface area contributed by atoms with Crippen molar-refractivity contribution in [3.05, 3.63) is 182 Å². The van der Waals surface area contributed by atoms with E-state index in [2.05, 4.69) is 146 Å². The maximum atomic E-state index is 5.21. The molecule has 7 aromatic carbocycles. The Kier molecular flexibility index (Phi) is 7.63. The minimum absolute atomic E-state index is 0.707. The SMILES string of the molecule is c1ccc(-c2nc(-c3cccc(-c4cccc(-c5cccc(-c6nc(-c7ccccc7)c7sc8ccccc8c7n6)c5)c4)c3)nc3ccccc23)cc1. The molecule has 0 radical (unpaired) electrons. The number of aromatic nitrogens is 4. The van der Waals surface area contributed by atoms with Gasteiger partial charge in [0.1, 0.15) is 0 Å². The van der Waals surface area contributed by atoms with E-state index < -0.39 is 0 Å². The number of benzene rings is 7. The maximum Gasteiger partial charge on any atom is 0.160 e. The lowest BCUT2D eigenvalue weighted by molar-refractivity contribution is 1.23. The van der Waals surface area contributed by atoms with E-state index in [9.17, 15) is 0 Å². The van der Waals surface area contributed by atoms with Crippen molar-refractivity contribution in [3.63, 3.8) is 0 Å². The number of thiophene rings is 1. The van der Waals surface area contributed by atoms with Crippen molar-refractivity contribution < 1.29 is 0 Å². The lowest BCUT2D eigenvalue weighted by Gasteiger charge is -2.11. The molecule has 0 bridgehead atoms. The molecule has 5 heteroatoms. The molecule has 0 fully saturated rings. The Labute approximate surface area is 310 Å². The van der Waals surface area contributed by atoms with Crippen LogP contribution in [0.15, 0.2) is 182 Å². The summed E-state index contributed by atoms with van der Waals surface area (Å²) in [5, 5.41) is 2.20. The predicted octanol–water partition coefficient (Wildman–Crippen LogP) is 12.8. The fourth-order valence-electron chi connectivity index (χ4n) is 7.09. The van der Waals surface area contributed by atoms with Crippen molar-refractivity contribution in [1.29, 1.82) is 0 Å². The van der Waals surface area contributed by atoms with E-state index in [4.69, 9.17) is 19.9 Å². The summed E-state index contributed by atoms with van der Waals surface area (Å²) in [5.41, 5.74) is 12.4. The van der Waals surface area contributed by atoms with Crippen LogP contribution in [0, 0.1) is 0 Å². The second-order valence-electron chi connectivity index (χ2n) is 13.1. The van der Waals surface area contributed by atoms with E-state index >= 15 is 0 Å². The van der Waals surface area contributed by atoms with Gasteiger partial charge in [0, 0.05) is 37.7 Å². The topological polar surface area (TPSA) is 51.6 Å². The van der Waals surface area contributed by atoms with Gasteiger partial charge in [-0.1, -0.05) is 152 Å². The van der Waals surface area contributed by atoms with Crippen LogP contribution in [0.25, 0.3) is 98.7 Å². The van der Waals surface area contributed by atoms with Crippen molar-refractivity contribution in [2.75, 3.05) is 0 Å². The van der Waals surface area contributed by atoms with Gasteiger partial charge in [0.15, 0.2) is 11.6 Å². The fourth-order valence-corrected chi connectivity index (χ4v) is 8.24. The monoisotopic (exact) mass is 694 g/mol. The predicted molar refractivity (Wildman–Crippen MR) is 221 cm³/mol. The first-order chi connectivity index (χ1) is 26.2. The molecule has 0 unspecified atom stereocenters. The molecule has 0 saturated carbocycles. The summed E-state index contributed by atoms with van der Waals surface area (Å²) in [6.07, 6.45) is 0. The van der Waals surface area contributed by atoms with E-state index in [1.54, 1.807) is 11.3 Å². The molecular formula is C48H30N4S. The molecule has 0 atom stereocenters. The highest BCUT2D eigenvalue weighted by molar-refractivity contribution is 7.26. The van der Waals surface area contributed by atoms with Crippen LogP contribution in [-0.4, -0.2) is 19.9 Å². The Morgan fingerprint density at radius 3 is 1.42 bits per heavy atom. The zero-order chi connectivity index (χ0) is 35.1. The molecule has 10 aromatic rings. The van der Waals surface area contributed by atoms with Gasteiger partial charge < -0.3 is 0 Å². The van der Waals surface area contributed by atoms with E-state index in [1.165, 1.54) is 4.70 Å². The van der Waals surface area contributed by atoms with Gasteiger partial charge in [-0.2, -0.15) is 0 Å². The Morgan fingerprint density at radius 2 is 0.774 bits per heavy atom. The number of fused-ring (bicyclic) bond motifs is 4. The minimum Gasteiger partial charge on any atom is -0.228 e. The van der Waals surface area contributed by atoms with Crippen molar-refractivity contribution in [3.8, 4) is 67.5 Å². The summed E-state index contributed by atoms with van der Waals surface area (Å²) in [6, 6.07) is 63.2. The third-order valence-corrected chi connectivity index (χ3v) is 10.9. The van der Waals surface area contributed by atoms with Gasteiger partial charge >= 0.3 is 0 Å². The third-order valence-electron chi connectivity index (χ3n) is 9.69. The molecule has 0 amide bonds. The van der Waals surface area contributed by atoms with Gasteiger partial charge in [-0.15, -0.1) is 11.3 Å². The van der Waals surface area contributed by atoms with Crippen LogP contribution in [0.4, 0.5) is 0 Å². The summed E-state index contributed by atoms with van der Waals surface area (Å²) in [7, 11) is 0. The molecule has 4 nitrogen and oxygen atoms in total. The van der Waals surface area contributed by atoms with Crippen LogP contribution in [0.1, 0.15) is 0 Å². The van der Waals surface area contributed by atoms with E-state index in [1.807, 2.05) is 36.4 Å². The standard InChI is InChI=1S/C48H30N4S/c1-3-14-31(15-4-1)43-39-24-7-9-26-41(39)49-47(50-43)37-22-12-20-35(29-37)33-18-11-19-34(28-33)36-21-13-23-38(30-36)48-51-44(32-16-5-2-6-17-32)46-45(52-48)40-25-8-10-27-42(40)53-46/h1-30H. The number of hydrogen-bond donors (Lipinski definition) is 0. The molecule has 3 heterocycles. The van der Waals surface area contributed by atoms with Gasteiger partial charge in [-0.25, -0.2) is 19.9 Å². The molecule has 3 aromatic heterocycles. The molecular weight excluding hydrogens is 665 g/mol. The first kappa shape index (κ1) is 31.0.